The van der Waals surface area contributed by atoms with Crippen molar-refractivity contribution >= 4 is 47.4 Å². The quantitative estimate of drug-likeness (QED) is 0.920. The third kappa shape index (κ3) is 2.80. The normalized spacial score (nSPS) is 9.69. The first kappa shape index (κ1) is 15.5. The van der Waals surface area contributed by atoms with Gasteiger partial charge in [0.15, 0.2) is 0 Å². The molecule has 2 N–H and O–H groups in total. The lowest BCUT2D eigenvalue weighted by Crippen LogP contribution is -2.06. The third-order valence-electron chi connectivity index (χ3n) is 2.33. The summed E-state index contributed by atoms with van der Waals surface area (Å²) in [4.78, 5) is 4.27. The molecule has 0 aliphatic carbocycles. The number of halogens is 3. The van der Waals surface area contributed by atoms with E-state index in [4.69, 9.17) is 17.3 Å². The molecule has 0 unspecified atom stereocenters. The molecule has 0 aromatic carbocycles. The zero-order chi connectivity index (χ0) is 10.1. The lowest BCUT2D eigenvalue weighted by atomic mass is 10.3. The Morgan fingerprint density at radius 3 is 2.69 bits per heavy atom. The summed E-state index contributed by atoms with van der Waals surface area (Å²) in [7, 11) is 1.99. The Morgan fingerprint density at radius 2 is 2.06 bits per heavy atom. The zero-order valence-corrected chi connectivity index (χ0v) is 11.2. The van der Waals surface area contributed by atoms with Crippen LogP contribution in [0.4, 0.5) is 0 Å². The summed E-state index contributed by atoms with van der Waals surface area (Å²) >= 11 is 5.86. The summed E-state index contributed by atoms with van der Waals surface area (Å²) in [5.74, 6) is 0. The highest BCUT2D eigenvalue weighted by Crippen LogP contribution is 2.20. The highest BCUT2D eigenvalue weighted by Gasteiger charge is 2.05. The van der Waals surface area contributed by atoms with Gasteiger partial charge >= 0.3 is 0 Å². The van der Waals surface area contributed by atoms with Gasteiger partial charge in [0, 0.05) is 24.3 Å². The van der Waals surface area contributed by atoms with Gasteiger partial charge in [0.25, 0.3) is 0 Å². The molecule has 0 atom stereocenters. The molecule has 0 aliphatic heterocycles. The van der Waals surface area contributed by atoms with Crippen LogP contribution in [0.3, 0.4) is 0 Å². The molecule has 2 aromatic heterocycles. The minimum absolute atomic E-state index is 0. The monoisotopic (exact) mass is 281 g/mol. The second kappa shape index (κ2) is 6.30. The van der Waals surface area contributed by atoms with Crippen LogP contribution in [0.15, 0.2) is 18.3 Å². The summed E-state index contributed by atoms with van der Waals surface area (Å²) in [6.07, 6.45) is 2.53. The van der Waals surface area contributed by atoms with E-state index in [0.29, 0.717) is 11.6 Å². The van der Waals surface area contributed by atoms with E-state index in [1.54, 1.807) is 6.20 Å². The van der Waals surface area contributed by atoms with E-state index in [2.05, 4.69) is 15.6 Å². The van der Waals surface area contributed by atoms with Crippen LogP contribution in [0.5, 0.6) is 0 Å². The Kier molecular flexibility index (Phi) is 6.11. The summed E-state index contributed by atoms with van der Waals surface area (Å²) < 4.78 is 2.05. The fourth-order valence-corrected chi connectivity index (χ4v) is 1.80. The molecule has 16 heavy (non-hydrogen) atoms. The molecule has 6 heteroatoms. The SMILES string of the molecule is Cl.Cl.Cn1c(CCN)cc2cc(Cl)cnc21. The minimum Gasteiger partial charge on any atom is -0.333 e. The van der Waals surface area contributed by atoms with E-state index in [1.807, 2.05) is 13.1 Å². The van der Waals surface area contributed by atoms with Crippen LogP contribution < -0.4 is 5.73 Å². The largest absolute Gasteiger partial charge is 0.333 e. The van der Waals surface area contributed by atoms with Gasteiger partial charge in [-0.1, -0.05) is 11.6 Å². The zero-order valence-electron chi connectivity index (χ0n) is 8.81. The van der Waals surface area contributed by atoms with Crippen molar-refractivity contribution in [2.45, 2.75) is 6.42 Å². The number of pyridine rings is 1. The first-order valence-electron chi connectivity index (χ1n) is 4.52. The predicted molar refractivity (Wildman–Crippen MR) is 73.0 cm³/mol. The third-order valence-corrected chi connectivity index (χ3v) is 2.54. The molecule has 2 aromatic rings. The molecule has 3 nitrogen and oxygen atoms in total. The lowest BCUT2D eigenvalue weighted by molar-refractivity contribution is 0.820. The topological polar surface area (TPSA) is 43.8 Å². The molecule has 2 heterocycles. The molecular formula is C10H14Cl3N3. The van der Waals surface area contributed by atoms with E-state index in [9.17, 15) is 0 Å². The highest BCUT2D eigenvalue weighted by atomic mass is 35.5. The average molecular weight is 283 g/mol. The van der Waals surface area contributed by atoms with Crippen LogP contribution in [0.25, 0.3) is 11.0 Å². The van der Waals surface area contributed by atoms with Gasteiger partial charge in [-0.15, -0.1) is 24.8 Å². The number of rotatable bonds is 2. The summed E-state index contributed by atoms with van der Waals surface area (Å²) in [6.45, 7) is 0.651. The van der Waals surface area contributed by atoms with E-state index >= 15 is 0 Å². The maximum absolute atomic E-state index is 5.86. The highest BCUT2D eigenvalue weighted by molar-refractivity contribution is 6.31. The van der Waals surface area contributed by atoms with Gasteiger partial charge in [-0.05, 0) is 25.1 Å². The molecule has 0 spiro atoms. The van der Waals surface area contributed by atoms with Crippen LogP contribution in [-0.2, 0) is 13.5 Å². The summed E-state index contributed by atoms with van der Waals surface area (Å²) in [5, 5.41) is 1.74. The minimum atomic E-state index is 0. The van der Waals surface area contributed by atoms with Crippen molar-refractivity contribution in [3.63, 3.8) is 0 Å². The molecule has 0 fully saturated rings. The Hall–Kier alpha value is -0.480. The fourth-order valence-electron chi connectivity index (χ4n) is 1.63. The number of nitrogens with two attached hydrogens (primary N) is 1. The molecule has 90 valence electrons. The van der Waals surface area contributed by atoms with Crippen LogP contribution >= 0.6 is 36.4 Å². The van der Waals surface area contributed by atoms with Gasteiger partial charge in [0.1, 0.15) is 5.65 Å². The van der Waals surface area contributed by atoms with Crippen molar-refractivity contribution in [1.82, 2.24) is 9.55 Å². The number of fused-ring (bicyclic) bond motifs is 1. The van der Waals surface area contributed by atoms with E-state index in [1.165, 1.54) is 5.69 Å². The summed E-state index contributed by atoms with van der Waals surface area (Å²) in [6, 6.07) is 4.00. The van der Waals surface area contributed by atoms with Crippen LogP contribution in [0.2, 0.25) is 5.02 Å². The van der Waals surface area contributed by atoms with Crippen LogP contribution in [-0.4, -0.2) is 16.1 Å². The Morgan fingerprint density at radius 1 is 1.38 bits per heavy atom. The maximum atomic E-state index is 5.86. The second-order valence-corrected chi connectivity index (χ2v) is 3.74. The first-order chi connectivity index (χ1) is 6.72. The van der Waals surface area contributed by atoms with Crippen LogP contribution in [0.1, 0.15) is 5.69 Å². The lowest BCUT2D eigenvalue weighted by Gasteiger charge is -2.00. The number of nitrogens with zero attached hydrogens (tertiary/aromatic N) is 2. The van der Waals surface area contributed by atoms with Crippen molar-refractivity contribution in [3.05, 3.63) is 29.0 Å². The number of hydrogen-bond acceptors (Lipinski definition) is 2. The average Bonchev–Trinajstić information content (AvgIpc) is 2.44. The Labute approximate surface area is 112 Å². The number of aryl methyl sites for hydroxylation is 1. The van der Waals surface area contributed by atoms with E-state index in [0.717, 1.165) is 17.5 Å². The van der Waals surface area contributed by atoms with Gasteiger partial charge in [0.05, 0.1) is 5.02 Å². The molecule has 0 saturated carbocycles. The smallest absolute Gasteiger partial charge is 0.139 e. The van der Waals surface area contributed by atoms with Gasteiger partial charge < -0.3 is 10.3 Å². The summed E-state index contributed by atoms with van der Waals surface area (Å²) in [5.41, 5.74) is 7.67. The molecule has 0 aliphatic rings. The van der Waals surface area contributed by atoms with Gasteiger partial charge in [0.2, 0.25) is 0 Å². The van der Waals surface area contributed by atoms with Crippen molar-refractivity contribution in [3.8, 4) is 0 Å². The van der Waals surface area contributed by atoms with Crippen LogP contribution in [0, 0.1) is 0 Å². The van der Waals surface area contributed by atoms with Gasteiger partial charge in [-0.25, -0.2) is 4.98 Å². The van der Waals surface area contributed by atoms with Crippen molar-refractivity contribution in [2.75, 3.05) is 6.54 Å². The number of hydrogen-bond donors (Lipinski definition) is 1. The Bertz CT molecular complexity index is 468. The Balaban J connectivity index is 0.00000112. The van der Waals surface area contributed by atoms with Crippen molar-refractivity contribution in [2.24, 2.45) is 12.8 Å². The second-order valence-electron chi connectivity index (χ2n) is 3.30. The standard InChI is InChI=1S/C10H12ClN3.2ClH/c1-14-9(2-3-12)5-7-4-8(11)6-13-10(7)14;;/h4-6H,2-3,12H2,1H3;2*1H. The van der Waals surface area contributed by atoms with Gasteiger partial charge in [-0.3, -0.25) is 0 Å². The van der Waals surface area contributed by atoms with Gasteiger partial charge in [-0.2, -0.15) is 0 Å². The maximum Gasteiger partial charge on any atom is 0.139 e. The predicted octanol–water partition coefficient (Wildman–Crippen LogP) is 2.57. The molecule has 0 amide bonds. The van der Waals surface area contributed by atoms with E-state index < -0.39 is 0 Å². The number of aromatic nitrogens is 2. The van der Waals surface area contributed by atoms with Crippen molar-refractivity contribution < 1.29 is 0 Å². The molecule has 0 radical (unpaired) electrons. The fraction of sp³-hybridized carbons (Fsp3) is 0.300. The molecule has 0 saturated heterocycles. The van der Waals surface area contributed by atoms with E-state index in [-0.39, 0.29) is 24.8 Å². The first-order valence-corrected chi connectivity index (χ1v) is 4.90. The molecular weight excluding hydrogens is 268 g/mol. The molecule has 0 bridgehead atoms. The van der Waals surface area contributed by atoms with Crippen molar-refractivity contribution in [1.29, 1.82) is 0 Å². The molecule has 2 rings (SSSR count).